The van der Waals surface area contributed by atoms with Crippen LogP contribution in [0.15, 0.2) is 41.0 Å². The summed E-state index contributed by atoms with van der Waals surface area (Å²) in [5.41, 5.74) is 0.803. The van der Waals surface area contributed by atoms with Gasteiger partial charge >= 0.3 is 0 Å². The normalized spacial score (nSPS) is 12.3. The number of hydrogen-bond acceptors (Lipinski definition) is 4. The van der Waals surface area contributed by atoms with Gasteiger partial charge in [-0.25, -0.2) is 0 Å². The molecule has 6 heteroatoms. The number of halogens is 2. The second kappa shape index (κ2) is 7.87. The van der Waals surface area contributed by atoms with Crippen molar-refractivity contribution in [2.45, 2.75) is 12.7 Å². The highest BCUT2D eigenvalue weighted by molar-refractivity contribution is 14.1. The van der Waals surface area contributed by atoms with Crippen molar-refractivity contribution in [3.8, 4) is 0 Å². The van der Waals surface area contributed by atoms with Gasteiger partial charge in [-0.3, -0.25) is 0 Å². The summed E-state index contributed by atoms with van der Waals surface area (Å²) in [4.78, 5) is 0. The van der Waals surface area contributed by atoms with E-state index in [1.807, 2.05) is 24.3 Å². The predicted octanol–water partition coefficient (Wildman–Crippen LogP) is 3.53. The van der Waals surface area contributed by atoms with Gasteiger partial charge in [0.25, 0.3) is 0 Å². The van der Waals surface area contributed by atoms with E-state index in [1.165, 1.54) is 0 Å². The molecule has 1 unspecified atom stereocenters. The van der Waals surface area contributed by atoms with Gasteiger partial charge in [0.1, 0.15) is 12.4 Å². The molecule has 4 nitrogen and oxygen atoms in total. The van der Waals surface area contributed by atoms with E-state index in [2.05, 4.69) is 27.9 Å². The van der Waals surface area contributed by atoms with Crippen molar-refractivity contribution < 1.29 is 14.3 Å². The number of nitrogens with one attached hydrogen (secondary N) is 1. The van der Waals surface area contributed by atoms with Crippen LogP contribution in [0.2, 0.25) is 5.02 Å². The van der Waals surface area contributed by atoms with E-state index in [1.54, 1.807) is 12.3 Å². The molecule has 108 valence electrons. The predicted molar refractivity (Wildman–Crippen MR) is 87.0 cm³/mol. The number of hydrogen-bond donors (Lipinski definition) is 2. The van der Waals surface area contributed by atoms with Crippen molar-refractivity contribution >= 4 is 39.9 Å². The third-order valence-corrected chi connectivity index (χ3v) is 3.58. The van der Waals surface area contributed by atoms with Crippen LogP contribution in [0.1, 0.15) is 5.76 Å². The molecule has 20 heavy (non-hydrogen) atoms. The van der Waals surface area contributed by atoms with Crippen molar-refractivity contribution in [2.75, 3.05) is 18.5 Å². The lowest BCUT2D eigenvalue weighted by molar-refractivity contribution is 0.0282. The van der Waals surface area contributed by atoms with Crippen molar-refractivity contribution in [3.63, 3.8) is 0 Å². The molecule has 2 aromatic rings. The van der Waals surface area contributed by atoms with Crippen molar-refractivity contribution in [1.82, 2.24) is 0 Å². The number of rotatable bonds is 7. The molecule has 0 spiro atoms. The van der Waals surface area contributed by atoms with Gasteiger partial charge in [0, 0.05) is 10.1 Å². The monoisotopic (exact) mass is 407 g/mol. The lowest BCUT2D eigenvalue weighted by Crippen LogP contribution is -2.24. The van der Waals surface area contributed by atoms with Crippen LogP contribution in [0.25, 0.3) is 0 Å². The summed E-state index contributed by atoms with van der Waals surface area (Å²) in [7, 11) is 0. The maximum Gasteiger partial charge on any atom is 0.129 e. The average Bonchev–Trinajstić information content (AvgIpc) is 2.91. The maximum atomic E-state index is 9.82. The molecule has 0 aliphatic carbocycles. The van der Waals surface area contributed by atoms with Gasteiger partial charge in [-0.15, -0.1) is 0 Å². The molecule has 2 N–H and O–H groups in total. The highest BCUT2D eigenvalue weighted by atomic mass is 127. The van der Waals surface area contributed by atoms with Crippen LogP contribution < -0.4 is 5.32 Å². The highest BCUT2D eigenvalue weighted by Crippen LogP contribution is 2.23. The van der Waals surface area contributed by atoms with E-state index in [-0.39, 0.29) is 6.61 Å². The minimum absolute atomic E-state index is 0.232. The van der Waals surface area contributed by atoms with Gasteiger partial charge in [0.05, 0.1) is 29.7 Å². The zero-order valence-corrected chi connectivity index (χ0v) is 13.6. The Hall–Kier alpha value is -0.760. The molecule has 1 aromatic carbocycles. The third-order valence-electron chi connectivity index (χ3n) is 2.59. The van der Waals surface area contributed by atoms with Gasteiger partial charge in [0.15, 0.2) is 0 Å². The largest absolute Gasteiger partial charge is 0.467 e. The first kappa shape index (κ1) is 15.6. The number of anilines is 1. The second-order valence-corrected chi connectivity index (χ2v) is 5.91. The number of aliphatic hydroxyl groups excluding tert-OH is 1. The SMILES string of the molecule is OC(CNc1ccc(I)cc1Cl)COCc1ccco1. The maximum absolute atomic E-state index is 9.82. The highest BCUT2D eigenvalue weighted by Gasteiger charge is 2.07. The standard InChI is InChI=1S/C14H15ClINO3/c15-13-6-10(16)3-4-14(13)17-7-11(18)8-19-9-12-2-1-5-20-12/h1-6,11,17-18H,7-9H2. The molecule has 0 bridgehead atoms. The van der Waals surface area contributed by atoms with Gasteiger partial charge in [-0.05, 0) is 52.9 Å². The molecule has 1 atom stereocenters. The molecule has 0 amide bonds. The smallest absolute Gasteiger partial charge is 0.129 e. The summed E-state index contributed by atoms with van der Waals surface area (Å²) >= 11 is 8.29. The van der Waals surface area contributed by atoms with Gasteiger partial charge < -0.3 is 19.6 Å². The minimum Gasteiger partial charge on any atom is -0.467 e. The summed E-state index contributed by atoms with van der Waals surface area (Å²) in [5.74, 6) is 0.742. The molecule has 0 saturated heterocycles. The molecule has 2 rings (SSSR count). The van der Waals surface area contributed by atoms with Crippen LogP contribution in [0, 0.1) is 3.57 Å². The van der Waals surface area contributed by atoms with Crippen molar-refractivity contribution in [3.05, 3.63) is 50.9 Å². The number of furan rings is 1. The first-order valence-corrected chi connectivity index (χ1v) is 7.58. The van der Waals surface area contributed by atoms with Crippen molar-refractivity contribution in [2.24, 2.45) is 0 Å². The summed E-state index contributed by atoms with van der Waals surface area (Å²) in [6.45, 7) is 0.961. The molecule has 0 fully saturated rings. The first-order valence-electron chi connectivity index (χ1n) is 6.12. The Balaban J connectivity index is 1.70. The molecular weight excluding hydrogens is 393 g/mol. The Kier molecular flexibility index (Phi) is 6.15. The van der Waals surface area contributed by atoms with Crippen LogP contribution in [0.3, 0.4) is 0 Å². The Bertz CT molecular complexity index is 533. The van der Waals surface area contributed by atoms with E-state index in [4.69, 9.17) is 20.8 Å². The fourth-order valence-electron chi connectivity index (χ4n) is 1.61. The van der Waals surface area contributed by atoms with Crippen molar-refractivity contribution in [1.29, 1.82) is 0 Å². The van der Waals surface area contributed by atoms with E-state index in [9.17, 15) is 5.11 Å². The first-order chi connectivity index (χ1) is 9.65. The van der Waals surface area contributed by atoms with E-state index >= 15 is 0 Å². The summed E-state index contributed by atoms with van der Waals surface area (Å²) in [5, 5.41) is 13.6. The molecule has 0 aliphatic rings. The fourth-order valence-corrected chi connectivity index (χ4v) is 2.53. The Morgan fingerprint density at radius 1 is 1.40 bits per heavy atom. The van der Waals surface area contributed by atoms with Crippen LogP contribution in [-0.2, 0) is 11.3 Å². The zero-order valence-electron chi connectivity index (χ0n) is 10.7. The Morgan fingerprint density at radius 2 is 2.25 bits per heavy atom. The summed E-state index contributed by atoms with van der Waals surface area (Å²) < 4.78 is 11.6. The zero-order chi connectivity index (χ0) is 14.4. The molecule has 0 radical (unpaired) electrons. The molecule has 0 aliphatic heterocycles. The topological polar surface area (TPSA) is 54.6 Å². The molecule has 0 saturated carbocycles. The Morgan fingerprint density at radius 3 is 2.95 bits per heavy atom. The summed E-state index contributed by atoms with van der Waals surface area (Å²) in [6, 6.07) is 9.34. The van der Waals surface area contributed by atoms with E-state index in [0.717, 1.165) is 15.0 Å². The molecule has 1 aromatic heterocycles. The third kappa shape index (κ3) is 4.97. The summed E-state index contributed by atoms with van der Waals surface area (Å²) in [6.07, 6.45) is 0.982. The Labute approximate surface area is 136 Å². The number of benzene rings is 1. The van der Waals surface area contributed by atoms with Crippen LogP contribution in [0.5, 0.6) is 0 Å². The van der Waals surface area contributed by atoms with E-state index in [0.29, 0.717) is 18.2 Å². The van der Waals surface area contributed by atoms with Crippen LogP contribution >= 0.6 is 34.2 Å². The van der Waals surface area contributed by atoms with Crippen LogP contribution in [-0.4, -0.2) is 24.4 Å². The fraction of sp³-hybridized carbons (Fsp3) is 0.286. The number of ether oxygens (including phenoxy) is 1. The molecular formula is C14H15ClINO3. The lowest BCUT2D eigenvalue weighted by Gasteiger charge is -2.14. The van der Waals surface area contributed by atoms with Crippen LogP contribution in [0.4, 0.5) is 5.69 Å². The second-order valence-electron chi connectivity index (χ2n) is 4.25. The lowest BCUT2D eigenvalue weighted by atomic mass is 10.3. The number of aliphatic hydroxyl groups is 1. The molecule has 1 heterocycles. The van der Waals surface area contributed by atoms with Gasteiger partial charge in [-0.1, -0.05) is 11.6 Å². The quantitative estimate of drug-likeness (QED) is 0.690. The van der Waals surface area contributed by atoms with Gasteiger partial charge in [0.2, 0.25) is 0 Å². The van der Waals surface area contributed by atoms with E-state index < -0.39 is 6.10 Å². The minimum atomic E-state index is -0.611. The van der Waals surface area contributed by atoms with Gasteiger partial charge in [-0.2, -0.15) is 0 Å². The average molecular weight is 408 g/mol.